The third kappa shape index (κ3) is 3.27. The summed E-state index contributed by atoms with van der Waals surface area (Å²) in [6, 6.07) is 10.5. The molecule has 4 heteroatoms. The summed E-state index contributed by atoms with van der Waals surface area (Å²) in [6.45, 7) is 2.46. The zero-order chi connectivity index (χ0) is 14.7. The fraction of sp³-hybridized carbons (Fsp3) is 0.471. The predicted molar refractivity (Wildman–Crippen MR) is 83.1 cm³/mol. The third-order valence-corrected chi connectivity index (χ3v) is 4.15. The van der Waals surface area contributed by atoms with Gasteiger partial charge in [-0.25, -0.2) is 0 Å². The second kappa shape index (κ2) is 6.31. The maximum Gasteiger partial charge on any atom is 0.132 e. The Hall–Kier alpha value is -1.81. The Labute approximate surface area is 125 Å². The monoisotopic (exact) mass is 285 g/mol. The number of hydrogen-bond acceptors (Lipinski definition) is 3. The molecule has 0 aliphatic heterocycles. The molecule has 0 radical (unpaired) electrons. The SMILES string of the molecule is C[C@@H](N)c1ccccc1OCc1ccn(C2CCCC2)n1. The van der Waals surface area contributed by atoms with Crippen molar-refractivity contribution >= 4 is 0 Å². The van der Waals surface area contributed by atoms with Gasteiger partial charge in [0.25, 0.3) is 0 Å². The normalized spacial score (nSPS) is 17.0. The lowest BCUT2D eigenvalue weighted by Gasteiger charge is -2.13. The molecule has 1 heterocycles. The number of rotatable bonds is 5. The molecule has 0 unspecified atom stereocenters. The van der Waals surface area contributed by atoms with Crippen molar-refractivity contribution in [2.45, 2.75) is 51.3 Å². The topological polar surface area (TPSA) is 53.1 Å². The van der Waals surface area contributed by atoms with Gasteiger partial charge in [0.1, 0.15) is 12.4 Å². The summed E-state index contributed by atoms with van der Waals surface area (Å²) < 4.78 is 8.00. The molecule has 1 saturated carbocycles. The van der Waals surface area contributed by atoms with Crippen LogP contribution in [0.15, 0.2) is 36.5 Å². The van der Waals surface area contributed by atoms with Crippen molar-refractivity contribution < 1.29 is 4.74 Å². The van der Waals surface area contributed by atoms with Gasteiger partial charge in [0, 0.05) is 17.8 Å². The highest BCUT2D eigenvalue weighted by Gasteiger charge is 2.17. The molecule has 1 aliphatic carbocycles. The number of nitrogens with zero attached hydrogens (tertiary/aromatic N) is 2. The Morgan fingerprint density at radius 3 is 2.81 bits per heavy atom. The van der Waals surface area contributed by atoms with Crippen molar-refractivity contribution in [1.82, 2.24) is 9.78 Å². The Bertz CT molecular complexity index is 585. The zero-order valence-electron chi connectivity index (χ0n) is 12.5. The number of benzene rings is 1. The molecule has 0 bridgehead atoms. The number of para-hydroxylation sites is 1. The van der Waals surface area contributed by atoms with Crippen molar-refractivity contribution in [2.75, 3.05) is 0 Å². The van der Waals surface area contributed by atoms with Crippen molar-refractivity contribution in [1.29, 1.82) is 0 Å². The smallest absolute Gasteiger partial charge is 0.132 e. The van der Waals surface area contributed by atoms with Crippen molar-refractivity contribution in [3.8, 4) is 5.75 Å². The number of nitrogens with two attached hydrogens (primary N) is 1. The first-order valence-corrected chi connectivity index (χ1v) is 7.75. The maximum absolute atomic E-state index is 5.97. The Kier molecular flexibility index (Phi) is 4.25. The van der Waals surface area contributed by atoms with E-state index in [1.807, 2.05) is 37.3 Å². The highest BCUT2D eigenvalue weighted by molar-refractivity contribution is 5.35. The van der Waals surface area contributed by atoms with Crippen LogP contribution >= 0.6 is 0 Å². The number of hydrogen-bond donors (Lipinski definition) is 1. The van der Waals surface area contributed by atoms with Gasteiger partial charge in [-0.15, -0.1) is 0 Å². The van der Waals surface area contributed by atoms with E-state index in [0.29, 0.717) is 12.6 Å². The van der Waals surface area contributed by atoms with Crippen molar-refractivity contribution in [3.05, 3.63) is 47.8 Å². The highest BCUT2D eigenvalue weighted by Crippen LogP contribution is 2.29. The minimum atomic E-state index is -0.0303. The maximum atomic E-state index is 5.97. The van der Waals surface area contributed by atoms with Crippen LogP contribution in [0, 0.1) is 0 Å². The van der Waals surface area contributed by atoms with E-state index in [2.05, 4.69) is 16.0 Å². The first-order chi connectivity index (χ1) is 10.2. The molecule has 112 valence electrons. The Morgan fingerprint density at radius 1 is 1.29 bits per heavy atom. The van der Waals surface area contributed by atoms with Crippen molar-refractivity contribution in [2.24, 2.45) is 5.73 Å². The van der Waals surface area contributed by atoms with Gasteiger partial charge in [0.2, 0.25) is 0 Å². The van der Waals surface area contributed by atoms with E-state index in [1.54, 1.807) is 0 Å². The van der Waals surface area contributed by atoms with Crippen LogP contribution in [0.3, 0.4) is 0 Å². The molecular weight excluding hydrogens is 262 g/mol. The molecule has 4 nitrogen and oxygen atoms in total. The summed E-state index contributed by atoms with van der Waals surface area (Å²) in [7, 11) is 0. The lowest BCUT2D eigenvalue weighted by molar-refractivity contribution is 0.293. The first kappa shape index (κ1) is 14.1. The molecule has 3 rings (SSSR count). The van der Waals surface area contributed by atoms with Crippen LogP contribution in [0.25, 0.3) is 0 Å². The molecule has 1 fully saturated rings. The average Bonchev–Trinajstić information content (AvgIpc) is 3.16. The fourth-order valence-corrected chi connectivity index (χ4v) is 2.97. The van der Waals surface area contributed by atoms with Gasteiger partial charge in [-0.2, -0.15) is 5.10 Å². The van der Waals surface area contributed by atoms with E-state index in [9.17, 15) is 0 Å². The second-order valence-corrected chi connectivity index (χ2v) is 5.84. The van der Waals surface area contributed by atoms with Crippen LogP contribution in [0.2, 0.25) is 0 Å². The molecule has 0 saturated heterocycles. The molecule has 2 N–H and O–H groups in total. The van der Waals surface area contributed by atoms with Crippen LogP contribution in [0.5, 0.6) is 5.75 Å². The molecule has 1 atom stereocenters. The van der Waals surface area contributed by atoms with Gasteiger partial charge in [-0.1, -0.05) is 31.0 Å². The Balaban J connectivity index is 1.65. The van der Waals surface area contributed by atoms with Crippen molar-refractivity contribution in [3.63, 3.8) is 0 Å². The van der Waals surface area contributed by atoms with Gasteiger partial charge in [0.15, 0.2) is 0 Å². The standard InChI is InChI=1S/C17H23N3O/c1-13(18)16-8-4-5-9-17(16)21-12-14-10-11-20(19-14)15-6-2-3-7-15/h4-5,8-11,13,15H,2-3,6-7,12,18H2,1H3/t13-/m1/s1. The molecular formula is C17H23N3O. The van der Waals surface area contributed by atoms with E-state index in [-0.39, 0.29) is 6.04 Å². The largest absolute Gasteiger partial charge is 0.487 e. The summed E-state index contributed by atoms with van der Waals surface area (Å²) in [6.07, 6.45) is 7.20. The molecule has 1 aliphatic rings. The van der Waals surface area contributed by atoms with Gasteiger partial charge < -0.3 is 10.5 Å². The van der Waals surface area contributed by atoms with Gasteiger partial charge in [-0.05, 0) is 31.9 Å². The number of aromatic nitrogens is 2. The average molecular weight is 285 g/mol. The van der Waals surface area contributed by atoms with E-state index in [0.717, 1.165) is 17.0 Å². The van der Waals surface area contributed by atoms with Crippen LogP contribution in [-0.4, -0.2) is 9.78 Å². The number of ether oxygens (including phenoxy) is 1. The predicted octanol–water partition coefficient (Wildman–Crippen LogP) is 3.60. The summed E-state index contributed by atoms with van der Waals surface area (Å²) in [5.41, 5.74) is 7.98. The molecule has 1 aromatic carbocycles. The van der Waals surface area contributed by atoms with Crippen LogP contribution in [0.1, 0.15) is 55.9 Å². The molecule has 1 aromatic heterocycles. The molecule has 0 spiro atoms. The van der Waals surface area contributed by atoms with Gasteiger partial charge in [-0.3, -0.25) is 4.68 Å². The quantitative estimate of drug-likeness (QED) is 0.913. The Morgan fingerprint density at radius 2 is 2.05 bits per heavy atom. The third-order valence-electron chi connectivity index (χ3n) is 4.15. The first-order valence-electron chi connectivity index (χ1n) is 7.75. The second-order valence-electron chi connectivity index (χ2n) is 5.84. The van der Waals surface area contributed by atoms with Gasteiger partial charge >= 0.3 is 0 Å². The molecule has 0 amide bonds. The zero-order valence-corrected chi connectivity index (χ0v) is 12.5. The van der Waals surface area contributed by atoms with Crippen LogP contribution in [0.4, 0.5) is 0 Å². The summed E-state index contributed by atoms with van der Waals surface area (Å²) in [5, 5.41) is 4.64. The lowest BCUT2D eigenvalue weighted by atomic mass is 10.1. The summed E-state index contributed by atoms with van der Waals surface area (Å²) in [4.78, 5) is 0. The summed E-state index contributed by atoms with van der Waals surface area (Å²) in [5.74, 6) is 0.850. The molecule has 2 aromatic rings. The lowest BCUT2D eigenvalue weighted by Crippen LogP contribution is -2.09. The van der Waals surface area contributed by atoms with E-state index in [1.165, 1.54) is 25.7 Å². The highest BCUT2D eigenvalue weighted by atomic mass is 16.5. The molecule has 21 heavy (non-hydrogen) atoms. The van der Waals surface area contributed by atoms with E-state index in [4.69, 9.17) is 10.5 Å². The van der Waals surface area contributed by atoms with E-state index < -0.39 is 0 Å². The van der Waals surface area contributed by atoms with Gasteiger partial charge in [0.05, 0.1) is 11.7 Å². The van der Waals surface area contributed by atoms with Crippen LogP contribution in [-0.2, 0) is 6.61 Å². The van der Waals surface area contributed by atoms with E-state index >= 15 is 0 Å². The summed E-state index contributed by atoms with van der Waals surface area (Å²) >= 11 is 0. The minimum absolute atomic E-state index is 0.0303. The fourth-order valence-electron chi connectivity index (χ4n) is 2.97. The minimum Gasteiger partial charge on any atom is -0.487 e. The van der Waals surface area contributed by atoms with Crippen LogP contribution < -0.4 is 10.5 Å².